The van der Waals surface area contributed by atoms with Gasteiger partial charge >= 0.3 is 0 Å². The van der Waals surface area contributed by atoms with Gasteiger partial charge in [-0.15, -0.1) is 12.4 Å². The van der Waals surface area contributed by atoms with Crippen molar-refractivity contribution in [2.24, 2.45) is 7.05 Å². The first-order valence-corrected chi connectivity index (χ1v) is 6.67. The summed E-state index contributed by atoms with van der Waals surface area (Å²) in [5.74, 6) is 0. The first-order chi connectivity index (χ1) is 7.51. The van der Waals surface area contributed by atoms with Crippen molar-refractivity contribution in [3.63, 3.8) is 0 Å². The van der Waals surface area contributed by atoms with Gasteiger partial charge in [-0.1, -0.05) is 0 Å². The molecule has 1 atom stereocenters. The van der Waals surface area contributed by atoms with E-state index in [9.17, 15) is 8.42 Å². The van der Waals surface area contributed by atoms with E-state index in [4.69, 9.17) is 0 Å². The van der Waals surface area contributed by atoms with E-state index in [1.807, 2.05) is 6.92 Å². The molecule has 0 unspecified atom stereocenters. The molecular formula is C9H17ClN4O2S. The number of nitrogens with zero attached hydrogens (tertiary/aromatic N) is 3. The smallest absolute Gasteiger partial charge is 0.246 e. The van der Waals surface area contributed by atoms with Crippen molar-refractivity contribution in [3.05, 3.63) is 12.4 Å². The maximum atomic E-state index is 12.3. The van der Waals surface area contributed by atoms with Gasteiger partial charge in [-0.05, 0) is 6.92 Å². The van der Waals surface area contributed by atoms with Crippen LogP contribution in [0.1, 0.15) is 6.92 Å². The van der Waals surface area contributed by atoms with Crippen LogP contribution in [0.5, 0.6) is 0 Å². The molecule has 1 fully saturated rings. The second kappa shape index (κ2) is 5.34. The van der Waals surface area contributed by atoms with Crippen LogP contribution in [-0.4, -0.2) is 48.2 Å². The van der Waals surface area contributed by atoms with Crippen molar-refractivity contribution in [1.29, 1.82) is 0 Å². The Bertz CT molecular complexity index is 473. The maximum Gasteiger partial charge on any atom is 0.246 e. The largest absolute Gasteiger partial charge is 0.314 e. The number of piperazine rings is 1. The van der Waals surface area contributed by atoms with E-state index in [-0.39, 0.29) is 23.3 Å². The molecule has 0 saturated carbocycles. The molecule has 1 aliphatic heterocycles. The molecule has 98 valence electrons. The number of aromatic nitrogens is 2. The van der Waals surface area contributed by atoms with Gasteiger partial charge in [-0.25, -0.2) is 8.42 Å². The Labute approximate surface area is 107 Å². The van der Waals surface area contributed by atoms with E-state index in [2.05, 4.69) is 10.4 Å². The predicted molar refractivity (Wildman–Crippen MR) is 66.7 cm³/mol. The topological polar surface area (TPSA) is 67.2 Å². The molecule has 0 aromatic carbocycles. The summed E-state index contributed by atoms with van der Waals surface area (Å²) >= 11 is 0. The van der Waals surface area contributed by atoms with Crippen LogP contribution in [0.4, 0.5) is 0 Å². The summed E-state index contributed by atoms with van der Waals surface area (Å²) in [5, 5.41) is 7.06. The van der Waals surface area contributed by atoms with Gasteiger partial charge in [0.25, 0.3) is 0 Å². The Balaban J connectivity index is 0.00000144. The van der Waals surface area contributed by atoms with Gasteiger partial charge in [0, 0.05) is 38.9 Å². The van der Waals surface area contributed by atoms with E-state index in [0.717, 1.165) is 0 Å². The average molecular weight is 281 g/mol. The van der Waals surface area contributed by atoms with Crippen molar-refractivity contribution < 1.29 is 8.42 Å². The van der Waals surface area contributed by atoms with Crippen LogP contribution in [0, 0.1) is 0 Å². The number of sulfonamides is 1. The van der Waals surface area contributed by atoms with E-state index in [0.29, 0.717) is 19.6 Å². The molecule has 0 bridgehead atoms. The number of nitrogens with one attached hydrogen (secondary N) is 1. The lowest BCUT2D eigenvalue weighted by Crippen LogP contribution is -2.52. The number of rotatable bonds is 2. The zero-order valence-corrected chi connectivity index (χ0v) is 11.5. The fraction of sp³-hybridized carbons (Fsp3) is 0.667. The summed E-state index contributed by atoms with van der Waals surface area (Å²) in [5.41, 5.74) is 0. The van der Waals surface area contributed by atoms with Gasteiger partial charge in [-0.3, -0.25) is 4.68 Å². The third-order valence-corrected chi connectivity index (χ3v) is 4.69. The fourth-order valence-corrected chi connectivity index (χ4v) is 3.46. The highest BCUT2D eigenvalue weighted by Gasteiger charge is 2.31. The predicted octanol–water partition coefficient (Wildman–Crippen LogP) is -0.176. The molecule has 0 amide bonds. The quantitative estimate of drug-likeness (QED) is 0.816. The summed E-state index contributed by atoms with van der Waals surface area (Å²) in [7, 11) is -1.67. The van der Waals surface area contributed by atoms with E-state index < -0.39 is 10.0 Å². The maximum absolute atomic E-state index is 12.3. The summed E-state index contributed by atoms with van der Waals surface area (Å²) in [4.78, 5) is 0.267. The molecule has 6 nitrogen and oxygen atoms in total. The minimum atomic E-state index is -3.38. The Kier molecular flexibility index (Phi) is 4.54. The van der Waals surface area contributed by atoms with Crippen molar-refractivity contribution in [2.45, 2.75) is 17.9 Å². The van der Waals surface area contributed by atoms with Gasteiger partial charge in [0.05, 0.1) is 6.20 Å². The third-order valence-electron chi connectivity index (χ3n) is 2.73. The molecular weight excluding hydrogens is 264 g/mol. The molecule has 1 aliphatic rings. The Morgan fingerprint density at radius 3 is 2.76 bits per heavy atom. The molecule has 17 heavy (non-hydrogen) atoms. The van der Waals surface area contributed by atoms with Crippen LogP contribution in [0.25, 0.3) is 0 Å². The minimum Gasteiger partial charge on any atom is -0.314 e. The van der Waals surface area contributed by atoms with Gasteiger partial charge in [-0.2, -0.15) is 9.40 Å². The molecule has 1 aromatic heterocycles. The number of hydrogen-bond acceptors (Lipinski definition) is 4. The molecule has 1 aromatic rings. The zero-order chi connectivity index (χ0) is 11.8. The van der Waals surface area contributed by atoms with Gasteiger partial charge < -0.3 is 5.32 Å². The van der Waals surface area contributed by atoms with Crippen molar-refractivity contribution >= 4 is 22.4 Å². The number of halogens is 1. The average Bonchev–Trinajstić information content (AvgIpc) is 2.66. The number of hydrogen-bond donors (Lipinski definition) is 1. The highest BCUT2D eigenvalue weighted by molar-refractivity contribution is 7.89. The van der Waals surface area contributed by atoms with Crippen molar-refractivity contribution in [3.8, 4) is 0 Å². The van der Waals surface area contributed by atoms with Gasteiger partial charge in [0.2, 0.25) is 10.0 Å². The van der Waals surface area contributed by atoms with Crippen LogP contribution < -0.4 is 5.32 Å². The van der Waals surface area contributed by atoms with Crippen LogP contribution >= 0.6 is 12.4 Å². The number of aryl methyl sites for hydroxylation is 1. The lowest BCUT2D eigenvalue weighted by Gasteiger charge is -2.32. The van der Waals surface area contributed by atoms with E-state index in [1.54, 1.807) is 7.05 Å². The molecule has 2 heterocycles. The molecule has 0 radical (unpaired) electrons. The van der Waals surface area contributed by atoms with E-state index in [1.165, 1.54) is 21.4 Å². The van der Waals surface area contributed by atoms with Crippen molar-refractivity contribution in [2.75, 3.05) is 19.6 Å². The second-order valence-corrected chi connectivity index (χ2v) is 5.91. The summed E-state index contributed by atoms with van der Waals surface area (Å²) in [6.07, 6.45) is 2.92. The summed E-state index contributed by atoms with van der Waals surface area (Å²) in [6.45, 7) is 3.81. The Morgan fingerprint density at radius 1 is 1.53 bits per heavy atom. The Hall–Kier alpha value is -0.630. The first-order valence-electron chi connectivity index (χ1n) is 5.23. The molecule has 1 N–H and O–H groups in total. The van der Waals surface area contributed by atoms with E-state index >= 15 is 0 Å². The van der Waals surface area contributed by atoms with Crippen molar-refractivity contribution in [1.82, 2.24) is 19.4 Å². The molecule has 8 heteroatoms. The molecule has 0 spiro atoms. The lowest BCUT2D eigenvalue weighted by atomic mass is 10.3. The second-order valence-electron chi connectivity index (χ2n) is 4.02. The summed E-state index contributed by atoms with van der Waals surface area (Å²) < 4.78 is 27.5. The standard InChI is InChI=1S/C9H16N4O2S.ClH/c1-8-5-10-3-4-13(8)16(14,15)9-6-11-12(2)7-9;/h6-8,10H,3-5H2,1-2H3;1H/t8-;/m1./s1. The highest BCUT2D eigenvalue weighted by Crippen LogP contribution is 2.18. The molecule has 1 saturated heterocycles. The van der Waals surface area contributed by atoms with Gasteiger partial charge in [0.1, 0.15) is 4.90 Å². The zero-order valence-electron chi connectivity index (χ0n) is 9.83. The SMILES string of the molecule is C[C@@H]1CNCCN1S(=O)(=O)c1cnn(C)c1.Cl. The molecule has 0 aliphatic carbocycles. The summed E-state index contributed by atoms with van der Waals surface area (Å²) in [6, 6.07) is -0.0149. The van der Waals surface area contributed by atoms with Crippen LogP contribution in [-0.2, 0) is 17.1 Å². The van der Waals surface area contributed by atoms with Crippen LogP contribution in [0.2, 0.25) is 0 Å². The normalized spacial score (nSPS) is 22.1. The Morgan fingerprint density at radius 2 is 2.24 bits per heavy atom. The fourth-order valence-electron chi connectivity index (χ4n) is 1.85. The van der Waals surface area contributed by atoms with Crippen LogP contribution in [0.3, 0.4) is 0 Å². The minimum absolute atomic E-state index is 0. The first kappa shape index (κ1) is 14.4. The van der Waals surface area contributed by atoms with Gasteiger partial charge in [0.15, 0.2) is 0 Å². The highest BCUT2D eigenvalue weighted by atomic mass is 35.5. The third kappa shape index (κ3) is 2.79. The monoisotopic (exact) mass is 280 g/mol. The van der Waals surface area contributed by atoms with Crippen LogP contribution in [0.15, 0.2) is 17.3 Å². The molecule has 2 rings (SSSR count). The lowest BCUT2D eigenvalue weighted by molar-refractivity contribution is 0.284.